The second-order valence-corrected chi connectivity index (χ2v) is 7.03. The van der Waals surface area contributed by atoms with Gasteiger partial charge in [-0.05, 0) is 34.7 Å². The van der Waals surface area contributed by atoms with Gasteiger partial charge in [0.25, 0.3) is 0 Å². The zero-order valence-electron chi connectivity index (χ0n) is 17.0. The van der Waals surface area contributed by atoms with Gasteiger partial charge in [-0.15, -0.1) is 0 Å². The minimum atomic E-state index is 0.666. The fourth-order valence-corrected chi connectivity index (χ4v) is 3.76. The molecule has 29 heavy (non-hydrogen) atoms. The first-order valence-corrected chi connectivity index (χ1v) is 9.97. The highest BCUT2D eigenvalue weighted by atomic mass is 16.5. The zero-order valence-corrected chi connectivity index (χ0v) is 17.0. The van der Waals surface area contributed by atoms with E-state index in [0.29, 0.717) is 6.61 Å². The van der Waals surface area contributed by atoms with E-state index in [2.05, 4.69) is 47.4 Å². The molecule has 3 aromatic rings. The van der Waals surface area contributed by atoms with Gasteiger partial charge in [0, 0.05) is 25.0 Å². The minimum absolute atomic E-state index is 0.666. The molecule has 0 atom stereocenters. The lowest BCUT2D eigenvalue weighted by molar-refractivity contribution is 0.0323. The molecule has 0 bridgehead atoms. The van der Waals surface area contributed by atoms with Gasteiger partial charge < -0.3 is 18.9 Å². The summed E-state index contributed by atoms with van der Waals surface area (Å²) in [6.45, 7) is 5.14. The van der Waals surface area contributed by atoms with Gasteiger partial charge in [-0.25, -0.2) is 0 Å². The van der Waals surface area contributed by atoms with Gasteiger partial charge in [-0.3, -0.25) is 4.90 Å². The van der Waals surface area contributed by atoms with Crippen molar-refractivity contribution in [2.45, 2.75) is 0 Å². The number of nitrogens with zero attached hydrogens (tertiary/aromatic N) is 1. The molecule has 4 rings (SSSR count). The van der Waals surface area contributed by atoms with Crippen molar-refractivity contribution >= 4 is 10.8 Å². The Morgan fingerprint density at radius 2 is 1.55 bits per heavy atom. The molecule has 0 amide bonds. The van der Waals surface area contributed by atoms with Crippen LogP contribution in [0.5, 0.6) is 17.2 Å². The Labute approximate surface area is 171 Å². The SMILES string of the molecule is COc1ccc(-c2ccc(OCCN3CCOCC3)c3ccccc23)cc1OC. The van der Waals surface area contributed by atoms with Crippen LogP contribution in [-0.2, 0) is 4.74 Å². The fourth-order valence-electron chi connectivity index (χ4n) is 3.76. The van der Waals surface area contributed by atoms with E-state index in [1.165, 1.54) is 0 Å². The highest BCUT2D eigenvalue weighted by molar-refractivity contribution is 6.00. The van der Waals surface area contributed by atoms with Crippen LogP contribution in [0, 0.1) is 0 Å². The summed E-state index contributed by atoms with van der Waals surface area (Å²) in [5.74, 6) is 2.36. The number of morpholine rings is 1. The Morgan fingerprint density at radius 1 is 0.828 bits per heavy atom. The van der Waals surface area contributed by atoms with E-state index in [1.807, 2.05) is 12.1 Å². The van der Waals surface area contributed by atoms with Crippen molar-refractivity contribution in [1.29, 1.82) is 0 Å². The predicted octanol–water partition coefficient (Wildman–Crippen LogP) is 4.24. The maximum Gasteiger partial charge on any atom is 0.161 e. The topological polar surface area (TPSA) is 40.2 Å². The van der Waals surface area contributed by atoms with Crippen LogP contribution < -0.4 is 14.2 Å². The average molecular weight is 393 g/mol. The largest absolute Gasteiger partial charge is 0.493 e. The average Bonchev–Trinajstić information content (AvgIpc) is 2.79. The van der Waals surface area contributed by atoms with Crippen LogP contribution in [0.25, 0.3) is 21.9 Å². The lowest BCUT2D eigenvalue weighted by Gasteiger charge is -2.26. The number of benzene rings is 3. The van der Waals surface area contributed by atoms with Crippen LogP contribution in [0.4, 0.5) is 0 Å². The van der Waals surface area contributed by atoms with E-state index < -0.39 is 0 Å². The smallest absolute Gasteiger partial charge is 0.161 e. The van der Waals surface area contributed by atoms with Crippen molar-refractivity contribution < 1.29 is 18.9 Å². The van der Waals surface area contributed by atoms with E-state index in [-0.39, 0.29) is 0 Å². The molecule has 152 valence electrons. The van der Waals surface area contributed by atoms with E-state index in [0.717, 1.165) is 72.0 Å². The van der Waals surface area contributed by atoms with Crippen molar-refractivity contribution in [3.8, 4) is 28.4 Å². The maximum absolute atomic E-state index is 6.17. The molecule has 1 aliphatic heterocycles. The molecule has 0 aromatic heterocycles. The molecule has 5 heteroatoms. The van der Waals surface area contributed by atoms with Crippen molar-refractivity contribution in [2.75, 3.05) is 53.7 Å². The van der Waals surface area contributed by atoms with Gasteiger partial charge in [0.15, 0.2) is 11.5 Å². The lowest BCUT2D eigenvalue weighted by Crippen LogP contribution is -2.38. The Kier molecular flexibility index (Phi) is 6.17. The van der Waals surface area contributed by atoms with Crippen LogP contribution in [-0.4, -0.2) is 58.6 Å². The molecule has 5 nitrogen and oxygen atoms in total. The highest BCUT2D eigenvalue weighted by Gasteiger charge is 2.13. The van der Waals surface area contributed by atoms with Crippen LogP contribution >= 0.6 is 0 Å². The minimum Gasteiger partial charge on any atom is -0.493 e. The standard InChI is InChI=1S/C24H27NO4/c1-26-23-9-7-18(17-24(23)27-2)19-8-10-22(21-6-4-3-5-20(19)21)29-16-13-25-11-14-28-15-12-25/h3-10,17H,11-16H2,1-2H3. The van der Waals surface area contributed by atoms with Crippen LogP contribution in [0.2, 0.25) is 0 Å². The van der Waals surface area contributed by atoms with Gasteiger partial charge >= 0.3 is 0 Å². The van der Waals surface area contributed by atoms with Crippen molar-refractivity contribution in [3.05, 3.63) is 54.6 Å². The molecular weight excluding hydrogens is 366 g/mol. The molecule has 0 saturated carbocycles. The summed E-state index contributed by atoms with van der Waals surface area (Å²) in [5.41, 5.74) is 2.22. The van der Waals surface area contributed by atoms with Crippen molar-refractivity contribution in [2.24, 2.45) is 0 Å². The Balaban J connectivity index is 1.60. The molecule has 0 aliphatic carbocycles. The van der Waals surface area contributed by atoms with Gasteiger partial charge in [-0.2, -0.15) is 0 Å². The third-order valence-corrected chi connectivity index (χ3v) is 5.35. The fraction of sp³-hybridized carbons (Fsp3) is 0.333. The van der Waals surface area contributed by atoms with Crippen molar-refractivity contribution in [3.63, 3.8) is 0 Å². The van der Waals surface area contributed by atoms with Gasteiger partial charge in [0.05, 0.1) is 27.4 Å². The number of fused-ring (bicyclic) bond motifs is 1. The first kappa shape index (κ1) is 19.6. The summed E-state index contributed by atoms with van der Waals surface area (Å²) < 4.78 is 22.4. The third kappa shape index (κ3) is 4.31. The molecule has 0 spiro atoms. The van der Waals surface area contributed by atoms with Gasteiger partial charge in [0.2, 0.25) is 0 Å². The first-order chi connectivity index (χ1) is 14.3. The summed E-state index contributed by atoms with van der Waals surface area (Å²) in [7, 11) is 3.31. The molecule has 0 N–H and O–H groups in total. The van der Waals surface area contributed by atoms with E-state index in [1.54, 1.807) is 14.2 Å². The van der Waals surface area contributed by atoms with Crippen molar-refractivity contribution in [1.82, 2.24) is 4.90 Å². The first-order valence-electron chi connectivity index (χ1n) is 9.97. The summed E-state index contributed by atoms with van der Waals surface area (Å²) in [4.78, 5) is 2.38. The highest BCUT2D eigenvalue weighted by Crippen LogP contribution is 2.38. The number of ether oxygens (including phenoxy) is 4. The monoisotopic (exact) mass is 393 g/mol. The lowest BCUT2D eigenvalue weighted by atomic mass is 9.97. The molecule has 1 fully saturated rings. The summed E-state index contributed by atoms with van der Waals surface area (Å²) >= 11 is 0. The molecule has 1 aliphatic rings. The maximum atomic E-state index is 6.17. The number of hydrogen-bond acceptors (Lipinski definition) is 5. The quantitative estimate of drug-likeness (QED) is 0.601. The summed E-state index contributed by atoms with van der Waals surface area (Å²) in [6, 6.07) is 18.6. The summed E-state index contributed by atoms with van der Waals surface area (Å²) in [5, 5.41) is 2.27. The van der Waals surface area contributed by atoms with Crippen LogP contribution in [0.3, 0.4) is 0 Å². The third-order valence-electron chi connectivity index (χ3n) is 5.35. The van der Waals surface area contributed by atoms with E-state index >= 15 is 0 Å². The summed E-state index contributed by atoms with van der Waals surface area (Å²) in [6.07, 6.45) is 0. The number of hydrogen-bond donors (Lipinski definition) is 0. The molecule has 1 saturated heterocycles. The molecule has 1 heterocycles. The molecule has 3 aromatic carbocycles. The zero-order chi connectivity index (χ0) is 20.1. The Bertz CT molecular complexity index is 966. The Hall–Kier alpha value is -2.76. The molecule has 0 unspecified atom stereocenters. The number of methoxy groups -OCH3 is 2. The van der Waals surface area contributed by atoms with Crippen LogP contribution in [0.1, 0.15) is 0 Å². The normalized spacial score (nSPS) is 14.7. The second kappa shape index (κ2) is 9.16. The molecule has 0 radical (unpaired) electrons. The number of rotatable bonds is 7. The van der Waals surface area contributed by atoms with E-state index in [9.17, 15) is 0 Å². The second-order valence-electron chi connectivity index (χ2n) is 7.03. The van der Waals surface area contributed by atoms with E-state index in [4.69, 9.17) is 18.9 Å². The molecular formula is C24H27NO4. The Morgan fingerprint density at radius 3 is 2.31 bits per heavy atom. The predicted molar refractivity (Wildman–Crippen MR) is 115 cm³/mol. The van der Waals surface area contributed by atoms with Gasteiger partial charge in [-0.1, -0.05) is 36.4 Å². The van der Waals surface area contributed by atoms with Gasteiger partial charge in [0.1, 0.15) is 12.4 Å². The van der Waals surface area contributed by atoms with Crippen LogP contribution in [0.15, 0.2) is 54.6 Å².